The molecule has 0 saturated carbocycles. The number of sulfonamides is 1. The van der Waals surface area contributed by atoms with Crippen LogP contribution in [0.25, 0.3) is 0 Å². The third kappa shape index (κ3) is 6.69. The van der Waals surface area contributed by atoms with Crippen molar-refractivity contribution in [1.82, 2.24) is 10.0 Å². The minimum atomic E-state index is -3.69. The first-order valence-electron chi connectivity index (χ1n) is 9.73. The van der Waals surface area contributed by atoms with Crippen LogP contribution in [0, 0.1) is 0 Å². The number of carbonyl (C=O) groups excluding carboxylic acids is 2. The second kappa shape index (κ2) is 10.8. The zero-order valence-corrected chi connectivity index (χ0v) is 19.2. The summed E-state index contributed by atoms with van der Waals surface area (Å²) in [6, 6.07) is 21.1. The van der Waals surface area contributed by atoms with E-state index in [0.717, 1.165) is 5.56 Å². The van der Waals surface area contributed by atoms with Crippen LogP contribution < -0.4 is 15.4 Å². The molecule has 3 aromatic carbocycles. The Hall–Kier alpha value is -3.60. The fraction of sp³-hybridized carbons (Fsp3) is 0.0870. The molecule has 0 atom stereocenters. The highest BCUT2D eigenvalue weighted by molar-refractivity contribution is 7.89. The molecule has 3 N–H and O–H groups in total. The van der Waals surface area contributed by atoms with Crippen LogP contribution >= 0.6 is 12.2 Å². The molecule has 8 nitrogen and oxygen atoms in total. The van der Waals surface area contributed by atoms with Gasteiger partial charge in [-0.15, -0.1) is 0 Å². The highest BCUT2D eigenvalue weighted by atomic mass is 32.2. The van der Waals surface area contributed by atoms with Gasteiger partial charge in [-0.3, -0.25) is 10.1 Å². The summed E-state index contributed by atoms with van der Waals surface area (Å²) in [5.41, 5.74) is 1.80. The average Bonchev–Trinajstić information content (AvgIpc) is 2.83. The van der Waals surface area contributed by atoms with Gasteiger partial charge in [0.15, 0.2) is 5.11 Å². The molecule has 33 heavy (non-hydrogen) atoms. The molecule has 0 aliphatic rings. The lowest BCUT2D eigenvalue weighted by atomic mass is 10.1. The number of anilines is 1. The number of amides is 1. The lowest BCUT2D eigenvalue weighted by Gasteiger charge is -2.11. The number of hydrogen-bond donors (Lipinski definition) is 3. The van der Waals surface area contributed by atoms with Crippen LogP contribution in [0.15, 0.2) is 83.8 Å². The fourth-order valence-corrected chi connectivity index (χ4v) is 4.05. The van der Waals surface area contributed by atoms with Gasteiger partial charge >= 0.3 is 5.97 Å². The standard InChI is InChI=1S/C23H21N3O5S2/c1-31-22(28)18-9-5-8-17(14-18)21(27)26-23(32)25-19-10-12-20(13-11-19)33(29,30)24-15-16-6-3-2-4-7-16/h2-14,24H,15H2,1H3,(H2,25,26,27,32). The summed E-state index contributed by atoms with van der Waals surface area (Å²) in [5.74, 6) is -1.07. The Morgan fingerprint density at radius 3 is 2.24 bits per heavy atom. The van der Waals surface area contributed by atoms with E-state index in [9.17, 15) is 18.0 Å². The number of nitrogens with one attached hydrogen (secondary N) is 3. The molecule has 10 heteroatoms. The average molecular weight is 484 g/mol. The first kappa shape index (κ1) is 24.1. The van der Waals surface area contributed by atoms with E-state index in [2.05, 4.69) is 20.1 Å². The highest BCUT2D eigenvalue weighted by Crippen LogP contribution is 2.15. The Labute approximate surface area is 197 Å². The topological polar surface area (TPSA) is 114 Å². The van der Waals surface area contributed by atoms with E-state index in [1.807, 2.05) is 30.3 Å². The first-order chi connectivity index (χ1) is 15.8. The van der Waals surface area contributed by atoms with E-state index in [-0.39, 0.29) is 27.7 Å². The SMILES string of the molecule is COC(=O)c1cccc(C(=O)NC(=S)Nc2ccc(S(=O)(=O)NCc3ccccc3)cc2)c1. The monoisotopic (exact) mass is 483 g/mol. The molecule has 0 spiro atoms. The molecular formula is C23H21N3O5S2. The Morgan fingerprint density at radius 2 is 1.58 bits per heavy atom. The molecule has 0 aliphatic carbocycles. The molecule has 170 valence electrons. The number of carbonyl (C=O) groups is 2. The lowest BCUT2D eigenvalue weighted by Crippen LogP contribution is -2.34. The molecule has 0 radical (unpaired) electrons. The number of esters is 1. The van der Waals surface area contributed by atoms with Crippen LogP contribution in [-0.2, 0) is 21.3 Å². The van der Waals surface area contributed by atoms with Crippen LogP contribution in [0.5, 0.6) is 0 Å². The summed E-state index contributed by atoms with van der Waals surface area (Å²) in [4.78, 5) is 24.1. The predicted octanol–water partition coefficient (Wildman–Crippen LogP) is 3.08. The second-order valence-corrected chi connectivity index (χ2v) is 8.99. The zero-order valence-electron chi connectivity index (χ0n) is 17.6. The van der Waals surface area contributed by atoms with Gasteiger partial charge in [-0.1, -0.05) is 36.4 Å². The predicted molar refractivity (Wildman–Crippen MR) is 128 cm³/mol. The lowest BCUT2D eigenvalue weighted by molar-refractivity contribution is 0.0600. The summed E-state index contributed by atoms with van der Waals surface area (Å²) in [6.45, 7) is 0.177. The van der Waals surface area contributed by atoms with E-state index < -0.39 is 21.9 Å². The van der Waals surface area contributed by atoms with Crippen molar-refractivity contribution in [3.63, 3.8) is 0 Å². The van der Waals surface area contributed by atoms with Gasteiger partial charge in [-0.25, -0.2) is 17.9 Å². The molecule has 0 aliphatic heterocycles. The van der Waals surface area contributed by atoms with Crippen LogP contribution in [-0.4, -0.2) is 32.5 Å². The van der Waals surface area contributed by atoms with Crippen molar-refractivity contribution in [2.75, 3.05) is 12.4 Å². The number of benzene rings is 3. The van der Waals surface area contributed by atoms with Gasteiger partial charge < -0.3 is 10.1 Å². The molecule has 0 bridgehead atoms. The summed E-state index contributed by atoms with van der Waals surface area (Å²) in [6.07, 6.45) is 0. The van der Waals surface area contributed by atoms with Gasteiger partial charge in [0.05, 0.1) is 17.6 Å². The quantitative estimate of drug-likeness (QED) is 0.350. The molecule has 0 fully saturated rings. The maximum atomic E-state index is 12.5. The smallest absolute Gasteiger partial charge is 0.337 e. The van der Waals surface area contributed by atoms with Gasteiger partial charge in [0.25, 0.3) is 5.91 Å². The third-order valence-electron chi connectivity index (χ3n) is 4.50. The normalized spacial score (nSPS) is 10.8. The highest BCUT2D eigenvalue weighted by Gasteiger charge is 2.15. The molecule has 0 aromatic heterocycles. The Bertz CT molecular complexity index is 1260. The zero-order chi connectivity index (χ0) is 23.8. The van der Waals surface area contributed by atoms with E-state index in [1.165, 1.54) is 49.6 Å². The van der Waals surface area contributed by atoms with Gasteiger partial charge in [0.1, 0.15) is 0 Å². The summed E-state index contributed by atoms with van der Waals surface area (Å²) in [5, 5.41) is 5.35. The minimum absolute atomic E-state index is 0.0151. The van der Waals surface area contributed by atoms with Crippen molar-refractivity contribution < 1.29 is 22.7 Å². The Balaban J connectivity index is 1.58. The maximum absolute atomic E-state index is 12.5. The van der Waals surface area contributed by atoms with E-state index >= 15 is 0 Å². The number of hydrogen-bond acceptors (Lipinski definition) is 6. The molecule has 0 heterocycles. The van der Waals surface area contributed by atoms with Crippen molar-refractivity contribution in [1.29, 1.82) is 0 Å². The summed E-state index contributed by atoms with van der Waals surface area (Å²) < 4.78 is 32.2. The molecule has 0 unspecified atom stereocenters. The van der Waals surface area contributed by atoms with Gasteiger partial charge in [-0.2, -0.15) is 0 Å². The minimum Gasteiger partial charge on any atom is -0.465 e. The van der Waals surface area contributed by atoms with Crippen LogP contribution in [0.4, 0.5) is 5.69 Å². The number of methoxy groups -OCH3 is 1. The number of thiocarbonyl (C=S) groups is 1. The van der Waals surface area contributed by atoms with Gasteiger partial charge in [0.2, 0.25) is 10.0 Å². The number of rotatable bonds is 7. The van der Waals surface area contributed by atoms with Crippen LogP contribution in [0.3, 0.4) is 0 Å². The van der Waals surface area contributed by atoms with Crippen molar-refractivity contribution in [3.05, 3.63) is 95.6 Å². The third-order valence-corrected chi connectivity index (χ3v) is 6.13. The summed E-state index contributed by atoms with van der Waals surface area (Å²) in [7, 11) is -2.44. The van der Waals surface area contributed by atoms with E-state index in [4.69, 9.17) is 12.2 Å². The Kier molecular flexibility index (Phi) is 7.88. The molecule has 1 amide bonds. The molecular weight excluding hydrogens is 462 g/mol. The van der Waals surface area contributed by atoms with Crippen LogP contribution in [0.1, 0.15) is 26.3 Å². The molecule has 3 rings (SSSR count). The van der Waals surface area contributed by atoms with E-state index in [0.29, 0.717) is 5.69 Å². The Morgan fingerprint density at radius 1 is 0.909 bits per heavy atom. The van der Waals surface area contributed by atoms with Crippen molar-refractivity contribution in [2.45, 2.75) is 11.4 Å². The van der Waals surface area contributed by atoms with Gasteiger partial charge in [-0.05, 0) is 60.2 Å². The maximum Gasteiger partial charge on any atom is 0.337 e. The second-order valence-electron chi connectivity index (χ2n) is 6.82. The van der Waals surface area contributed by atoms with Crippen LogP contribution in [0.2, 0.25) is 0 Å². The van der Waals surface area contributed by atoms with Crippen molar-refractivity contribution in [3.8, 4) is 0 Å². The fourth-order valence-electron chi connectivity index (χ4n) is 2.82. The van der Waals surface area contributed by atoms with Crippen molar-refractivity contribution in [2.24, 2.45) is 0 Å². The first-order valence-corrected chi connectivity index (χ1v) is 11.6. The van der Waals surface area contributed by atoms with Crippen molar-refractivity contribution >= 4 is 44.9 Å². The van der Waals surface area contributed by atoms with Gasteiger partial charge in [0, 0.05) is 17.8 Å². The number of ether oxygens (including phenoxy) is 1. The summed E-state index contributed by atoms with van der Waals surface area (Å²) >= 11 is 5.16. The largest absolute Gasteiger partial charge is 0.465 e. The van der Waals surface area contributed by atoms with E-state index in [1.54, 1.807) is 6.07 Å². The molecule has 3 aromatic rings. The molecule has 0 saturated heterocycles.